The number of rotatable bonds is 5. The Morgan fingerprint density at radius 3 is 2.39 bits per heavy atom. The molecule has 0 bridgehead atoms. The lowest BCUT2D eigenvalue weighted by atomic mass is 10.2. The molecule has 0 saturated heterocycles. The predicted octanol–water partition coefficient (Wildman–Crippen LogP) is 0.693. The fourth-order valence-electron chi connectivity index (χ4n) is 1.24. The van der Waals surface area contributed by atoms with E-state index in [4.69, 9.17) is 5.11 Å². The van der Waals surface area contributed by atoms with Crippen LogP contribution in [-0.2, 0) is 19.4 Å². The van der Waals surface area contributed by atoms with Gasteiger partial charge >= 0.3 is 5.97 Å². The van der Waals surface area contributed by atoms with E-state index in [9.17, 15) is 13.2 Å². The molecule has 0 aliphatic rings. The van der Waals surface area contributed by atoms with Crippen molar-refractivity contribution in [1.82, 2.24) is 0 Å². The van der Waals surface area contributed by atoms with Crippen molar-refractivity contribution in [3.8, 4) is 0 Å². The summed E-state index contributed by atoms with van der Waals surface area (Å²) in [4.78, 5) is 11.1. The highest BCUT2D eigenvalue weighted by molar-refractivity contribution is 7.91. The Balaban J connectivity index is 2.61. The normalized spacial score (nSPS) is 13.1. The molecule has 1 unspecified atom stereocenters. The molecular formula is C12H16O5S. The van der Waals surface area contributed by atoms with Gasteiger partial charge in [-0.1, -0.05) is 17.7 Å². The summed E-state index contributed by atoms with van der Waals surface area (Å²) in [6.07, 6.45) is -1.24. The number of carbonyl (C=O) groups excluding carboxylic acids is 1. The van der Waals surface area contributed by atoms with E-state index in [1.807, 2.05) is 6.92 Å². The van der Waals surface area contributed by atoms with Crippen molar-refractivity contribution in [3.05, 3.63) is 29.8 Å². The number of aryl methyl sites for hydroxylation is 1. The van der Waals surface area contributed by atoms with Crippen molar-refractivity contribution in [2.24, 2.45) is 0 Å². The second kappa shape index (κ2) is 5.97. The van der Waals surface area contributed by atoms with E-state index < -0.39 is 21.9 Å². The van der Waals surface area contributed by atoms with Gasteiger partial charge in [-0.25, -0.2) is 13.2 Å². The van der Waals surface area contributed by atoms with E-state index in [1.54, 1.807) is 12.1 Å². The quantitative estimate of drug-likeness (QED) is 0.798. The zero-order valence-electron chi connectivity index (χ0n) is 10.3. The molecule has 18 heavy (non-hydrogen) atoms. The van der Waals surface area contributed by atoms with Crippen molar-refractivity contribution < 1.29 is 23.1 Å². The molecule has 6 heteroatoms. The average molecular weight is 272 g/mol. The molecule has 0 heterocycles. The predicted molar refractivity (Wildman–Crippen MR) is 65.9 cm³/mol. The van der Waals surface area contributed by atoms with Crippen molar-refractivity contribution in [1.29, 1.82) is 0 Å². The zero-order chi connectivity index (χ0) is 13.8. The van der Waals surface area contributed by atoms with Gasteiger partial charge in [-0.05, 0) is 26.0 Å². The molecule has 0 fully saturated rings. The number of benzene rings is 1. The van der Waals surface area contributed by atoms with E-state index in [1.165, 1.54) is 19.1 Å². The van der Waals surface area contributed by atoms with Gasteiger partial charge in [-0.2, -0.15) is 0 Å². The number of hydrogen-bond donors (Lipinski definition) is 1. The second-order valence-electron chi connectivity index (χ2n) is 3.98. The summed E-state index contributed by atoms with van der Waals surface area (Å²) in [7, 11) is -3.46. The minimum absolute atomic E-state index is 0.196. The van der Waals surface area contributed by atoms with Gasteiger partial charge in [0.15, 0.2) is 9.84 Å². The number of esters is 1. The van der Waals surface area contributed by atoms with Crippen LogP contribution in [0.2, 0.25) is 0 Å². The number of aliphatic hydroxyl groups excluding tert-OH is 1. The van der Waals surface area contributed by atoms with Gasteiger partial charge in [-0.15, -0.1) is 0 Å². The van der Waals surface area contributed by atoms with Crippen LogP contribution in [0.1, 0.15) is 12.5 Å². The minimum Gasteiger partial charge on any atom is -0.463 e. The van der Waals surface area contributed by atoms with Crippen LogP contribution in [0.25, 0.3) is 0 Å². The van der Waals surface area contributed by atoms with Gasteiger partial charge in [0.1, 0.15) is 12.7 Å². The molecule has 100 valence electrons. The third-order valence-electron chi connectivity index (χ3n) is 2.32. The first kappa shape index (κ1) is 14.7. The van der Waals surface area contributed by atoms with Crippen LogP contribution in [0.5, 0.6) is 0 Å². The maximum atomic E-state index is 11.8. The van der Waals surface area contributed by atoms with Gasteiger partial charge < -0.3 is 9.84 Å². The van der Waals surface area contributed by atoms with Crippen molar-refractivity contribution in [2.45, 2.75) is 24.8 Å². The lowest BCUT2D eigenvalue weighted by Gasteiger charge is -2.07. The molecule has 1 aromatic carbocycles. The molecule has 0 amide bonds. The standard InChI is InChI=1S/C12H16O5S/c1-9-3-5-11(6-4-9)18(15,16)8-7-17-12(14)10(2)13/h3-6,10,13H,7-8H2,1-2H3. The van der Waals surface area contributed by atoms with E-state index >= 15 is 0 Å². The molecule has 0 aliphatic carbocycles. The Labute approximate surface area is 106 Å². The molecule has 5 nitrogen and oxygen atoms in total. The molecule has 1 rings (SSSR count). The van der Waals surface area contributed by atoms with Crippen LogP contribution in [0.15, 0.2) is 29.2 Å². The van der Waals surface area contributed by atoms with E-state index in [0.29, 0.717) is 0 Å². The third kappa shape index (κ3) is 4.12. The Morgan fingerprint density at radius 2 is 1.89 bits per heavy atom. The number of carbonyl (C=O) groups is 1. The molecule has 1 atom stereocenters. The van der Waals surface area contributed by atoms with Crippen LogP contribution >= 0.6 is 0 Å². The second-order valence-corrected chi connectivity index (χ2v) is 6.08. The topological polar surface area (TPSA) is 80.7 Å². The SMILES string of the molecule is Cc1ccc(S(=O)(=O)CCOC(=O)C(C)O)cc1. The summed E-state index contributed by atoms with van der Waals surface area (Å²) in [5, 5.41) is 8.87. The average Bonchev–Trinajstić information content (AvgIpc) is 2.29. The van der Waals surface area contributed by atoms with Gasteiger partial charge in [-0.3, -0.25) is 0 Å². The molecule has 0 radical (unpaired) electrons. The Bertz CT molecular complexity index is 502. The van der Waals surface area contributed by atoms with E-state index in [2.05, 4.69) is 4.74 Å². The Kier molecular flexibility index (Phi) is 4.86. The highest BCUT2D eigenvalue weighted by Gasteiger charge is 2.16. The van der Waals surface area contributed by atoms with Crippen molar-refractivity contribution >= 4 is 15.8 Å². The molecule has 0 aromatic heterocycles. The summed E-state index contributed by atoms with van der Waals surface area (Å²) >= 11 is 0. The summed E-state index contributed by atoms with van der Waals surface area (Å²) < 4.78 is 28.3. The third-order valence-corrected chi connectivity index (χ3v) is 4.01. The summed E-state index contributed by atoms with van der Waals surface area (Å²) in [5.74, 6) is -1.12. The summed E-state index contributed by atoms with van der Waals surface area (Å²) in [6, 6.07) is 6.44. The minimum atomic E-state index is -3.46. The van der Waals surface area contributed by atoms with Gasteiger partial charge in [0.25, 0.3) is 0 Å². The molecule has 0 aliphatic heterocycles. The lowest BCUT2D eigenvalue weighted by Crippen LogP contribution is -2.22. The van der Waals surface area contributed by atoms with Crippen LogP contribution in [0, 0.1) is 6.92 Å². The molecule has 1 aromatic rings. The highest BCUT2D eigenvalue weighted by Crippen LogP contribution is 2.12. The number of aliphatic hydroxyl groups is 1. The Hall–Kier alpha value is -1.40. The number of hydrogen-bond acceptors (Lipinski definition) is 5. The van der Waals surface area contributed by atoms with Gasteiger partial charge in [0, 0.05) is 0 Å². The smallest absolute Gasteiger partial charge is 0.334 e. The Morgan fingerprint density at radius 1 is 1.33 bits per heavy atom. The number of ether oxygens (including phenoxy) is 1. The maximum absolute atomic E-state index is 11.8. The highest BCUT2D eigenvalue weighted by atomic mass is 32.2. The van der Waals surface area contributed by atoms with Crippen LogP contribution in [-0.4, -0.2) is 38.0 Å². The monoisotopic (exact) mass is 272 g/mol. The van der Waals surface area contributed by atoms with Gasteiger partial charge in [0.2, 0.25) is 0 Å². The first-order valence-electron chi connectivity index (χ1n) is 5.47. The van der Waals surface area contributed by atoms with Crippen LogP contribution < -0.4 is 0 Å². The molecule has 0 saturated carbocycles. The van der Waals surface area contributed by atoms with Gasteiger partial charge in [0.05, 0.1) is 10.6 Å². The zero-order valence-corrected chi connectivity index (χ0v) is 11.1. The summed E-state index contributed by atoms with van der Waals surface area (Å²) in [6.45, 7) is 2.86. The van der Waals surface area contributed by atoms with Crippen molar-refractivity contribution in [3.63, 3.8) is 0 Å². The first-order chi connectivity index (χ1) is 8.33. The largest absolute Gasteiger partial charge is 0.463 e. The number of sulfone groups is 1. The fourth-order valence-corrected chi connectivity index (χ4v) is 2.33. The van der Waals surface area contributed by atoms with Crippen molar-refractivity contribution in [2.75, 3.05) is 12.4 Å². The lowest BCUT2D eigenvalue weighted by molar-refractivity contribution is -0.151. The van der Waals surface area contributed by atoms with Crippen LogP contribution in [0.3, 0.4) is 0 Å². The molecule has 1 N–H and O–H groups in total. The van der Waals surface area contributed by atoms with E-state index in [0.717, 1.165) is 5.56 Å². The summed E-state index contributed by atoms with van der Waals surface area (Å²) in [5.41, 5.74) is 0.967. The molecular weight excluding hydrogens is 256 g/mol. The first-order valence-corrected chi connectivity index (χ1v) is 7.12. The fraction of sp³-hybridized carbons (Fsp3) is 0.417. The maximum Gasteiger partial charge on any atom is 0.334 e. The molecule has 0 spiro atoms. The van der Waals surface area contributed by atoms with Crippen LogP contribution in [0.4, 0.5) is 0 Å². The van der Waals surface area contributed by atoms with E-state index in [-0.39, 0.29) is 17.3 Å².